The van der Waals surface area contributed by atoms with E-state index in [1.807, 2.05) is 84.6 Å². The summed E-state index contributed by atoms with van der Waals surface area (Å²) in [5, 5.41) is 0.544. The van der Waals surface area contributed by atoms with Crippen molar-refractivity contribution >= 4 is 16.8 Å². The highest BCUT2D eigenvalue weighted by Crippen LogP contribution is 2.31. The summed E-state index contributed by atoms with van der Waals surface area (Å²) in [6.45, 7) is 2.45. The van der Waals surface area contributed by atoms with Crippen LogP contribution in [0.25, 0.3) is 16.6 Å². The number of rotatable bonds is 7. The topological polar surface area (TPSA) is 64.4 Å². The Balaban J connectivity index is 1.65. The van der Waals surface area contributed by atoms with Crippen LogP contribution in [-0.4, -0.2) is 27.5 Å². The Morgan fingerprint density at radius 1 is 0.973 bits per heavy atom. The zero-order valence-corrected chi connectivity index (χ0v) is 21.5. The lowest BCUT2D eigenvalue weighted by atomic mass is 9.88. The molecule has 1 aromatic heterocycles. The molecular weight excluding hydrogens is 462 g/mol. The van der Waals surface area contributed by atoms with Crippen molar-refractivity contribution in [2.75, 3.05) is 7.11 Å². The second-order valence-corrected chi connectivity index (χ2v) is 9.79. The summed E-state index contributed by atoms with van der Waals surface area (Å²) in [4.78, 5) is 34.7. The molecule has 0 bridgehead atoms. The van der Waals surface area contributed by atoms with Crippen LogP contribution in [0.2, 0.25) is 0 Å². The van der Waals surface area contributed by atoms with Gasteiger partial charge in [-0.1, -0.05) is 61.7 Å². The highest BCUT2D eigenvalue weighted by Gasteiger charge is 2.32. The number of hydrogen-bond acceptors (Lipinski definition) is 4. The van der Waals surface area contributed by atoms with Crippen molar-refractivity contribution in [1.29, 1.82) is 0 Å². The van der Waals surface area contributed by atoms with Crippen LogP contribution in [0.5, 0.6) is 5.75 Å². The summed E-state index contributed by atoms with van der Waals surface area (Å²) in [5.74, 6) is 1.40. The van der Waals surface area contributed by atoms with Crippen molar-refractivity contribution in [3.63, 3.8) is 0 Å². The second kappa shape index (κ2) is 11.0. The number of nitrogens with zero attached hydrogens (tertiary/aromatic N) is 3. The van der Waals surface area contributed by atoms with Crippen LogP contribution < -0.4 is 10.3 Å². The van der Waals surface area contributed by atoms with E-state index in [-0.39, 0.29) is 17.4 Å². The number of fused-ring (bicyclic) bond motifs is 1. The summed E-state index contributed by atoms with van der Waals surface area (Å²) in [6.07, 6.45) is 5.16. The largest absolute Gasteiger partial charge is 0.497 e. The Morgan fingerprint density at radius 2 is 1.65 bits per heavy atom. The van der Waals surface area contributed by atoms with Crippen LogP contribution in [0.3, 0.4) is 0 Å². The Labute approximate surface area is 217 Å². The van der Waals surface area contributed by atoms with E-state index in [0.29, 0.717) is 34.7 Å². The third-order valence-electron chi connectivity index (χ3n) is 7.41. The highest BCUT2D eigenvalue weighted by atomic mass is 16.5. The molecule has 1 aliphatic carbocycles. The maximum absolute atomic E-state index is 14.0. The van der Waals surface area contributed by atoms with Gasteiger partial charge in [-0.05, 0) is 61.7 Å². The summed E-state index contributed by atoms with van der Waals surface area (Å²) in [6, 6.07) is 24.4. The fourth-order valence-corrected chi connectivity index (χ4v) is 5.32. The molecule has 0 radical (unpaired) electrons. The molecule has 0 saturated heterocycles. The maximum Gasteiger partial charge on any atom is 0.266 e. The van der Waals surface area contributed by atoms with E-state index in [2.05, 4.69) is 0 Å². The molecule has 1 unspecified atom stereocenters. The standard InChI is InChI=1S/C31H33N3O3/c1-22(33(21-23-11-5-3-6-12-23)30(35)24-13-7-4-8-14-24)29-32-28-16-10-9-15-27(28)31(36)34(29)25-17-19-26(37-2)20-18-25/h3,5-6,9-12,15-20,22,24H,4,7-8,13-14,21H2,1-2H3. The molecule has 6 heteroatoms. The normalized spacial score (nSPS) is 14.9. The molecule has 1 fully saturated rings. The molecule has 1 amide bonds. The fraction of sp³-hybridized carbons (Fsp3) is 0.323. The molecule has 1 saturated carbocycles. The lowest BCUT2D eigenvalue weighted by Crippen LogP contribution is -2.40. The predicted octanol–water partition coefficient (Wildman–Crippen LogP) is 6.06. The second-order valence-electron chi connectivity index (χ2n) is 9.79. The van der Waals surface area contributed by atoms with E-state index in [9.17, 15) is 9.59 Å². The van der Waals surface area contributed by atoms with Gasteiger partial charge >= 0.3 is 0 Å². The van der Waals surface area contributed by atoms with Gasteiger partial charge in [-0.25, -0.2) is 4.98 Å². The minimum atomic E-state index is -0.422. The van der Waals surface area contributed by atoms with Crippen molar-refractivity contribution < 1.29 is 9.53 Å². The number of aromatic nitrogens is 2. The highest BCUT2D eigenvalue weighted by molar-refractivity contribution is 5.80. The number of carbonyl (C=O) groups is 1. The Morgan fingerprint density at radius 3 is 2.35 bits per heavy atom. The zero-order valence-electron chi connectivity index (χ0n) is 21.5. The predicted molar refractivity (Wildman–Crippen MR) is 146 cm³/mol. The molecule has 1 heterocycles. The van der Waals surface area contributed by atoms with Gasteiger partial charge in [0.1, 0.15) is 11.6 Å². The maximum atomic E-state index is 14.0. The third-order valence-corrected chi connectivity index (χ3v) is 7.41. The number of para-hydroxylation sites is 1. The average Bonchev–Trinajstić information content (AvgIpc) is 2.96. The van der Waals surface area contributed by atoms with Gasteiger partial charge in [0.05, 0.1) is 29.7 Å². The van der Waals surface area contributed by atoms with Gasteiger partial charge in [-0.15, -0.1) is 0 Å². The van der Waals surface area contributed by atoms with Crippen molar-refractivity contribution in [2.45, 2.75) is 51.6 Å². The Bertz CT molecular complexity index is 1420. The number of benzene rings is 3. The van der Waals surface area contributed by atoms with E-state index in [0.717, 1.165) is 31.2 Å². The molecule has 5 rings (SSSR count). The van der Waals surface area contributed by atoms with Crippen LogP contribution in [-0.2, 0) is 11.3 Å². The minimum Gasteiger partial charge on any atom is -0.497 e. The molecule has 1 atom stereocenters. The molecule has 190 valence electrons. The number of hydrogen-bond donors (Lipinski definition) is 0. The monoisotopic (exact) mass is 495 g/mol. The minimum absolute atomic E-state index is 0.00141. The molecular formula is C31H33N3O3. The lowest BCUT2D eigenvalue weighted by molar-refractivity contribution is -0.139. The van der Waals surface area contributed by atoms with Crippen LogP contribution in [0.15, 0.2) is 83.7 Å². The summed E-state index contributed by atoms with van der Waals surface area (Å²) in [5.41, 5.74) is 2.22. The number of ether oxygens (including phenoxy) is 1. The fourth-order valence-electron chi connectivity index (χ4n) is 5.32. The molecule has 4 aromatic rings. The first-order valence-electron chi connectivity index (χ1n) is 13.1. The van der Waals surface area contributed by atoms with Gasteiger partial charge in [0.2, 0.25) is 5.91 Å². The quantitative estimate of drug-likeness (QED) is 0.312. The number of methoxy groups -OCH3 is 1. The van der Waals surface area contributed by atoms with Crippen molar-refractivity contribution in [3.8, 4) is 11.4 Å². The van der Waals surface area contributed by atoms with E-state index in [1.54, 1.807) is 17.7 Å². The first kappa shape index (κ1) is 24.8. The van der Waals surface area contributed by atoms with Crippen molar-refractivity contribution in [1.82, 2.24) is 14.5 Å². The van der Waals surface area contributed by atoms with Gasteiger partial charge in [0, 0.05) is 12.5 Å². The SMILES string of the molecule is COc1ccc(-n2c(C(C)N(Cc3ccccc3)C(=O)C3CCCCC3)nc3ccccc3c2=O)cc1. The van der Waals surface area contributed by atoms with Gasteiger partial charge < -0.3 is 9.64 Å². The Hall–Kier alpha value is -3.93. The zero-order chi connectivity index (χ0) is 25.8. The van der Waals surface area contributed by atoms with E-state index < -0.39 is 6.04 Å². The third kappa shape index (κ3) is 5.15. The molecule has 0 N–H and O–H groups in total. The first-order valence-corrected chi connectivity index (χ1v) is 13.1. The van der Waals surface area contributed by atoms with Gasteiger partial charge in [0.25, 0.3) is 5.56 Å². The molecule has 0 aliphatic heterocycles. The Kier molecular flexibility index (Phi) is 7.35. The van der Waals surface area contributed by atoms with Crippen LogP contribution in [0, 0.1) is 5.92 Å². The number of amides is 1. The van der Waals surface area contributed by atoms with Crippen LogP contribution in [0.1, 0.15) is 56.5 Å². The molecule has 1 aliphatic rings. The number of carbonyl (C=O) groups excluding carboxylic acids is 1. The van der Waals surface area contributed by atoms with Crippen molar-refractivity contribution in [3.05, 3.63) is 101 Å². The van der Waals surface area contributed by atoms with Gasteiger partial charge in [0.15, 0.2) is 0 Å². The lowest BCUT2D eigenvalue weighted by Gasteiger charge is -2.34. The van der Waals surface area contributed by atoms with Crippen LogP contribution in [0.4, 0.5) is 0 Å². The van der Waals surface area contributed by atoms with Gasteiger partial charge in [-0.3, -0.25) is 14.2 Å². The van der Waals surface area contributed by atoms with Crippen molar-refractivity contribution in [2.24, 2.45) is 5.92 Å². The first-order chi connectivity index (χ1) is 18.1. The molecule has 3 aromatic carbocycles. The van der Waals surface area contributed by atoms with Gasteiger partial charge in [-0.2, -0.15) is 0 Å². The molecule has 37 heavy (non-hydrogen) atoms. The van der Waals surface area contributed by atoms with E-state index in [4.69, 9.17) is 9.72 Å². The summed E-state index contributed by atoms with van der Waals surface area (Å²) >= 11 is 0. The van der Waals surface area contributed by atoms with Crippen LogP contribution >= 0.6 is 0 Å². The molecule has 0 spiro atoms. The average molecular weight is 496 g/mol. The molecule has 6 nitrogen and oxygen atoms in total. The summed E-state index contributed by atoms with van der Waals surface area (Å²) in [7, 11) is 1.62. The summed E-state index contributed by atoms with van der Waals surface area (Å²) < 4.78 is 6.98. The smallest absolute Gasteiger partial charge is 0.266 e. The van der Waals surface area contributed by atoms with E-state index >= 15 is 0 Å². The van der Waals surface area contributed by atoms with E-state index in [1.165, 1.54) is 6.42 Å².